The van der Waals surface area contributed by atoms with E-state index in [0.717, 1.165) is 12.1 Å². The molecular formula is C13H15F3N2OS. The molecule has 20 heavy (non-hydrogen) atoms. The van der Waals surface area contributed by atoms with Crippen molar-refractivity contribution in [2.75, 3.05) is 13.1 Å². The largest absolute Gasteiger partial charge is 0.416 e. The van der Waals surface area contributed by atoms with Gasteiger partial charge in [0.1, 0.15) is 0 Å². The molecule has 0 aromatic heterocycles. The molecule has 0 aliphatic carbocycles. The van der Waals surface area contributed by atoms with Crippen LogP contribution in [0.15, 0.2) is 24.3 Å². The standard InChI is InChI=1S/C13H15F3N2OS/c1-2-6-18(8-11(17)20)12(19)9-4-3-5-10(7-9)13(14,15)16/h3-5,7H,2,6,8H2,1H3,(H2,17,20). The molecule has 2 N–H and O–H groups in total. The van der Waals surface area contributed by atoms with E-state index in [0.29, 0.717) is 13.0 Å². The minimum Gasteiger partial charge on any atom is -0.392 e. The highest BCUT2D eigenvalue weighted by Crippen LogP contribution is 2.29. The van der Waals surface area contributed by atoms with E-state index in [2.05, 4.69) is 0 Å². The van der Waals surface area contributed by atoms with Gasteiger partial charge in [0, 0.05) is 12.1 Å². The van der Waals surface area contributed by atoms with Gasteiger partial charge in [-0.05, 0) is 24.6 Å². The molecule has 0 saturated carbocycles. The summed E-state index contributed by atoms with van der Waals surface area (Å²) in [5, 5.41) is 0. The molecule has 0 unspecified atom stereocenters. The van der Waals surface area contributed by atoms with E-state index in [9.17, 15) is 18.0 Å². The molecule has 0 fully saturated rings. The molecule has 110 valence electrons. The van der Waals surface area contributed by atoms with Crippen molar-refractivity contribution in [3.8, 4) is 0 Å². The van der Waals surface area contributed by atoms with E-state index in [1.807, 2.05) is 6.92 Å². The van der Waals surface area contributed by atoms with Crippen LogP contribution in [0.1, 0.15) is 29.3 Å². The van der Waals surface area contributed by atoms with E-state index < -0.39 is 17.6 Å². The zero-order valence-electron chi connectivity index (χ0n) is 10.9. The summed E-state index contributed by atoms with van der Waals surface area (Å²) in [4.78, 5) is 13.7. The average Bonchev–Trinajstić information content (AvgIpc) is 2.36. The van der Waals surface area contributed by atoms with Gasteiger partial charge in [-0.25, -0.2) is 0 Å². The Kier molecular flexibility index (Phi) is 5.50. The Hall–Kier alpha value is -1.63. The Morgan fingerprint density at radius 3 is 2.55 bits per heavy atom. The zero-order chi connectivity index (χ0) is 15.3. The van der Waals surface area contributed by atoms with Crippen LogP contribution < -0.4 is 5.73 Å². The molecule has 7 heteroatoms. The summed E-state index contributed by atoms with van der Waals surface area (Å²) >= 11 is 4.74. The van der Waals surface area contributed by atoms with Crippen molar-refractivity contribution in [3.63, 3.8) is 0 Å². The predicted molar refractivity (Wildman–Crippen MR) is 74.4 cm³/mol. The molecular weight excluding hydrogens is 289 g/mol. The summed E-state index contributed by atoms with van der Waals surface area (Å²) in [6.07, 6.45) is -3.82. The smallest absolute Gasteiger partial charge is 0.392 e. The van der Waals surface area contributed by atoms with Gasteiger partial charge in [-0.1, -0.05) is 25.2 Å². The van der Waals surface area contributed by atoms with Gasteiger partial charge in [0.25, 0.3) is 5.91 Å². The number of nitrogens with zero attached hydrogens (tertiary/aromatic N) is 1. The van der Waals surface area contributed by atoms with Crippen LogP contribution in [0.4, 0.5) is 13.2 Å². The maximum Gasteiger partial charge on any atom is 0.416 e. The van der Waals surface area contributed by atoms with Gasteiger partial charge >= 0.3 is 6.18 Å². The van der Waals surface area contributed by atoms with E-state index in [4.69, 9.17) is 18.0 Å². The Morgan fingerprint density at radius 1 is 1.40 bits per heavy atom. The highest BCUT2D eigenvalue weighted by Gasteiger charge is 2.31. The number of nitrogens with two attached hydrogens (primary N) is 1. The topological polar surface area (TPSA) is 46.3 Å². The number of carbonyl (C=O) groups excluding carboxylic acids is 1. The molecule has 0 atom stereocenters. The fourth-order valence-corrected chi connectivity index (χ4v) is 1.88. The lowest BCUT2D eigenvalue weighted by molar-refractivity contribution is -0.137. The van der Waals surface area contributed by atoms with Crippen molar-refractivity contribution >= 4 is 23.1 Å². The van der Waals surface area contributed by atoms with E-state index in [1.165, 1.54) is 17.0 Å². The molecule has 0 spiro atoms. The number of halogens is 3. The van der Waals surface area contributed by atoms with Crippen LogP contribution in [0.2, 0.25) is 0 Å². The first-order chi connectivity index (χ1) is 9.25. The normalized spacial score (nSPS) is 11.2. The lowest BCUT2D eigenvalue weighted by atomic mass is 10.1. The van der Waals surface area contributed by atoms with Crippen LogP contribution in [-0.2, 0) is 6.18 Å². The average molecular weight is 304 g/mol. The second kappa shape index (κ2) is 6.69. The third-order valence-electron chi connectivity index (χ3n) is 2.56. The lowest BCUT2D eigenvalue weighted by Gasteiger charge is -2.22. The fraction of sp³-hybridized carbons (Fsp3) is 0.385. The summed E-state index contributed by atoms with van der Waals surface area (Å²) in [5.74, 6) is -0.509. The first kappa shape index (κ1) is 16.4. The molecule has 1 amide bonds. The van der Waals surface area contributed by atoms with Crippen molar-refractivity contribution < 1.29 is 18.0 Å². The first-order valence-corrected chi connectivity index (χ1v) is 6.41. The van der Waals surface area contributed by atoms with E-state index in [1.54, 1.807) is 0 Å². The molecule has 0 heterocycles. The Balaban J connectivity index is 3.02. The second-order valence-electron chi connectivity index (χ2n) is 4.27. The van der Waals surface area contributed by atoms with Crippen LogP contribution in [-0.4, -0.2) is 28.9 Å². The number of thiocarbonyl (C=S) groups is 1. The van der Waals surface area contributed by atoms with Crippen LogP contribution in [0, 0.1) is 0 Å². The molecule has 1 aromatic carbocycles. The SMILES string of the molecule is CCCN(CC(N)=S)C(=O)c1cccc(C(F)(F)F)c1. The van der Waals surface area contributed by atoms with Gasteiger partial charge in [-0.3, -0.25) is 4.79 Å². The van der Waals surface area contributed by atoms with Crippen molar-refractivity contribution in [2.24, 2.45) is 5.73 Å². The van der Waals surface area contributed by atoms with Crippen molar-refractivity contribution in [1.29, 1.82) is 0 Å². The quantitative estimate of drug-likeness (QED) is 0.851. The maximum atomic E-state index is 12.6. The summed E-state index contributed by atoms with van der Waals surface area (Å²) in [7, 11) is 0. The van der Waals surface area contributed by atoms with Gasteiger partial charge < -0.3 is 10.6 Å². The summed E-state index contributed by atoms with van der Waals surface area (Å²) < 4.78 is 37.9. The number of hydrogen-bond acceptors (Lipinski definition) is 2. The Bertz CT molecular complexity index is 503. The first-order valence-electron chi connectivity index (χ1n) is 6.00. The number of alkyl halides is 3. The number of benzene rings is 1. The Morgan fingerprint density at radius 2 is 2.05 bits per heavy atom. The predicted octanol–water partition coefficient (Wildman–Crippen LogP) is 2.84. The van der Waals surface area contributed by atoms with Crippen molar-refractivity contribution in [1.82, 2.24) is 4.90 Å². The number of hydrogen-bond donors (Lipinski definition) is 1. The molecule has 0 saturated heterocycles. The molecule has 3 nitrogen and oxygen atoms in total. The molecule has 0 radical (unpaired) electrons. The van der Waals surface area contributed by atoms with Gasteiger partial charge in [0.2, 0.25) is 0 Å². The molecule has 1 rings (SSSR count). The van der Waals surface area contributed by atoms with E-state index in [-0.39, 0.29) is 17.1 Å². The minimum atomic E-state index is -4.48. The number of rotatable bonds is 5. The molecule has 0 aliphatic rings. The summed E-state index contributed by atoms with van der Waals surface area (Å²) in [6.45, 7) is 2.29. The summed E-state index contributed by atoms with van der Waals surface area (Å²) in [5.41, 5.74) is 4.52. The molecule has 0 bridgehead atoms. The van der Waals surface area contributed by atoms with Crippen LogP contribution >= 0.6 is 12.2 Å². The van der Waals surface area contributed by atoms with Gasteiger partial charge in [-0.15, -0.1) is 0 Å². The summed E-state index contributed by atoms with van der Waals surface area (Å²) in [6, 6.07) is 4.32. The third-order valence-corrected chi connectivity index (χ3v) is 2.69. The highest BCUT2D eigenvalue weighted by atomic mass is 32.1. The van der Waals surface area contributed by atoms with Gasteiger partial charge in [0.05, 0.1) is 17.1 Å². The maximum absolute atomic E-state index is 12.6. The lowest BCUT2D eigenvalue weighted by Crippen LogP contribution is -2.38. The monoisotopic (exact) mass is 304 g/mol. The van der Waals surface area contributed by atoms with Crippen molar-refractivity contribution in [2.45, 2.75) is 19.5 Å². The Labute approximate surface area is 120 Å². The minimum absolute atomic E-state index is 0.0236. The van der Waals surface area contributed by atoms with Crippen LogP contribution in [0.3, 0.4) is 0 Å². The highest BCUT2D eigenvalue weighted by molar-refractivity contribution is 7.80. The third kappa shape index (κ3) is 4.48. The molecule has 0 aliphatic heterocycles. The molecule has 1 aromatic rings. The van der Waals surface area contributed by atoms with Crippen LogP contribution in [0.5, 0.6) is 0 Å². The van der Waals surface area contributed by atoms with Crippen molar-refractivity contribution in [3.05, 3.63) is 35.4 Å². The number of carbonyl (C=O) groups is 1. The number of amides is 1. The van der Waals surface area contributed by atoms with Gasteiger partial charge in [-0.2, -0.15) is 13.2 Å². The fourth-order valence-electron chi connectivity index (χ4n) is 1.72. The zero-order valence-corrected chi connectivity index (χ0v) is 11.7. The van der Waals surface area contributed by atoms with Gasteiger partial charge in [0.15, 0.2) is 0 Å². The van der Waals surface area contributed by atoms with E-state index >= 15 is 0 Å². The second-order valence-corrected chi connectivity index (χ2v) is 4.80. The van der Waals surface area contributed by atoms with Crippen LogP contribution in [0.25, 0.3) is 0 Å².